The van der Waals surface area contributed by atoms with E-state index in [4.69, 9.17) is 13.7 Å². The van der Waals surface area contributed by atoms with Gasteiger partial charge in [-0.05, 0) is 32.8 Å². The Morgan fingerprint density at radius 3 is 2.96 bits per heavy atom. The van der Waals surface area contributed by atoms with Crippen LogP contribution in [-0.4, -0.2) is 40.1 Å². The predicted octanol–water partition coefficient (Wildman–Crippen LogP) is 2.27. The molecule has 3 atom stereocenters. The third kappa shape index (κ3) is 2.55. The quantitative estimate of drug-likeness (QED) is 0.845. The van der Waals surface area contributed by atoms with Crippen molar-refractivity contribution in [3.63, 3.8) is 0 Å². The highest BCUT2D eigenvalue weighted by atomic mass is 16.5. The number of hydrogen-bond donors (Lipinski definition) is 0. The minimum Gasteiger partial charge on any atom is -0.469 e. The van der Waals surface area contributed by atoms with Crippen LogP contribution in [0.25, 0.3) is 0 Å². The van der Waals surface area contributed by atoms with Crippen LogP contribution in [0.2, 0.25) is 0 Å². The van der Waals surface area contributed by atoms with Crippen LogP contribution >= 0.6 is 0 Å². The summed E-state index contributed by atoms with van der Waals surface area (Å²) < 4.78 is 16.5. The monoisotopic (exact) mass is 317 g/mol. The van der Waals surface area contributed by atoms with Crippen LogP contribution in [-0.2, 0) is 4.74 Å². The minimum atomic E-state index is -0.156. The molecule has 122 valence electrons. The molecule has 0 radical (unpaired) electrons. The summed E-state index contributed by atoms with van der Waals surface area (Å²) >= 11 is 0. The summed E-state index contributed by atoms with van der Waals surface area (Å²) in [5.74, 6) is 2.16. The van der Waals surface area contributed by atoms with Gasteiger partial charge in [-0.25, -0.2) is 0 Å². The van der Waals surface area contributed by atoms with Gasteiger partial charge in [0, 0.05) is 19.0 Å². The van der Waals surface area contributed by atoms with E-state index >= 15 is 0 Å². The number of ether oxygens (including phenoxy) is 1. The van der Waals surface area contributed by atoms with Gasteiger partial charge >= 0.3 is 0 Å². The van der Waals surface area contributed by atoms with Crippen molar-refractivity contribution in [1.82, 2.24) is 15.0 Å². The van der Waals surface area contributed by atoms with Gasteiger partial charge in [0.2, 0.25) is 0 Å². The van der Waals surface area contributed by atoms with Gasteiger partial charge in [0.15, 0.2) is 5.82 Å². The standard InChI is InChI=1S/C16H19N3O4/c1-9-12(4-6-21-9)16(20)19-5-3-13-11(8-19)7-14(22-13)15-17-10(2)18-23-15/h4,6,11,13-14H,3,5,7-8H2,1-2H3/t11-,13+,14+/m1/s1. The van der Waals surface area contributed by atoms with Crippen molar-refractivity contribution in [3.8, 4) is 0 Å². The topological polar surface area (TPSA) is 81.6 Å². The number of amides is 1. The first-order chi connectivity index (χ1) is 11.1. The van der Waals surface area contributed by atoms with Crippen molar-refractivity contribution in [3.05, 3.63) is 35.4 Å². The van der Waals surface area contributed by atoms with E-state index in [0.717, 1.165) is 12.8 Å². The van der Waals surface area contributed by atoms with Crippen molar-refractivity contribution in [2.24, 2.45) is 5.92 Å². The van der Waals surface area contributed by atoms with E-state index in [-0.39, 0.29) is 18.1 Å². The van der Waals surface area contributed by atoms with Crippen molar-refractivity contribution < 1.29 is 18.5 Å². The number of furan rings is 1. The summed E-state index contributed by atoms with van der Waals surface area (Å²) in [5, 5.41) is 3.82. The van der Waals surface area contributed by atoms with Crippen molar-refractivity contribution in [2.45, 2.75) is 38.9 Å². The fraction of sp³-hybridized carbons (Fsp3) is 0.562. The van der Waals surface area contributed by atoms with Gasteiger partial charge in [0.05, 0.1) is 17.9 Å². The molecule has 0 aliphatic carbocycles. The molecule has 2 fully saturated rings. The first-order valence-electron chi connectivity index (χ1n) is 7.91. The van der Waals surface area contributed by atoms with Gasteiger partial charge in [0.25, 0.3) is 11.8 Å². The molecule has 0 N–H and O–H groups in total. The molecule has 2 aromatic heterocycles. The number of likely N-dealkylation sites (tertiary alicyclic amines) is 1. The van der Waals surface area contributed by atoms with Gasteiger partial charge in [0.1, 0.15) is 11.9 Å². The Kier molecular flexibility index (Phi) is 3.45. The van der Waals surface area contributed by atoms with Gasteiger partial charge in [-0.3, -0.25) is 4.79 Å². The molecule has 1 amide bonds. The Morgan fingerprint density at radius 1 is 1.39 bits per heavy atom. The van der Waals surface area contributed by atoms with E-state index in [1.807, 2.05) is 11.8 Å². The highest BCUT2D eigenvalue weighted by Crippen LogP contribution is 2.40. The fourth-order valence-electron chi connectivity index (χ4n) is 3.52. The minimum absolute atomic E-state index is 0.0341. The summed E-state index contributed by atoms with van der Waals surface area (Å²) in [6.07, 6.45) is 3.19. The number of rotatable bonds is 2. The van der Waals surface area contributed by atoms with Gasteiger partial charge < -0.3 is 18.6 Å². The molecule has 0 spiro atoms. The second kappa shape index (κ2) is 5.49. The molecule has 0 bridgehead atoms. The molecular weight excluding hydrogens is 298 g/mol. The van der Waals surface area contributed by atoms with Crippen molar-refractivity contribution in [1.29, 1.82) is 0 Å². The third-order valence-electron chi connectivity index (χ3n) is 4.72. The van der Waals surface area contributed by atoms with Gasteiger partial charge in [-0.15, -0.1) is 0 Å². The normalized spacial score (nSPS) is 27.2. The number of hydrogen-bond acceptors (Lipinski definition) is 6. The molecule has 2 saturated heterocycles. The smallest absolute Gasteiger partial charge is 0.257 e. The van der Waals surface area contributed by atoms with E-state index in [0.29, 0.717) is 42.0 Å². The SMILES string of the molecule is Cc1noc([C@@H]2C[C@@H]3CN(C(=O)c4ccoc4C)CC[C@@H]3O2)n1. The summed E-state index contributed by atoms with van der Waals surface area (Å²) in [4.78, 5) is 18.8. The van der Waals surface area contributed by atoms with Crippen LogP contribution < -0.4 is 0 Å². The summed E-state index contributed by atoms with van der Waals surface area (Å²) in [7, 11) is 0. The van der Waals surface area contributed by atoms with E-state index in [9.17, 15) is 4.79 Å². The van der Waals surface area contributed by atoms with E-state index in [1.54, 1.807) is 19.3 Å². The Morgan fingerprint density at radius 2 is 2.26 bits per heavy atom. The van der Waals surface area contributed by atoms with Crippen LogP contribution in [0.4, 0.5) is 0 Å². The van der Waals surface area contributed by atoms with Crippen LogP contribution in [0.15, 0.2) is 21.3 Å². The average Bonchev–Trinajstić information content (AvgIpc) is 3.24. The maximum absolute atomic E-state index is 12.6. The lowest BCUT2D eigenvalue weighted by molar-refractivity contribution is -0.00779. The van der Waals surface area contributed by atoms with Crippen LogP contribution in [0, 0.1) is 19.8 Å². The predicted molar refractivity (Wildman–Crippen MR) is 78.7 cm³/mol. The second-order valence-electron chi connectivity index (χ2n) is 6.27. The zero-order valence-corrected chi connectivity index (χ0v) is 13.2. The first kappa shape index (κ1) is 14.4. The van der Waals surface area contributed by atoms with Crippen LogP contribution in [0.1, 0.15) is 46.8 Å². The molecule has 4 rings (SSSR count). The Hall–Kier alpha value is -2.15. The highest BCUT2D eigenvalue weighted by molar-refractivity contribution is 5.95. The zero-order chi connectivity index (χ0) is 16.0. The lowest BCUT2D eigenvalue weighted by atomic mass is 9.92. The number of carbonyl (C=O) groups excluding carboxylic acids is 1. The summed E-state index contributed by atoms with van der Waals surface area (Å²) in [5.41, 5.74) is 0.645. The Balaban J connectivity index is 1.45. The second-order valence-corrected chi connectivity index (χ2v) is 6.27. The molecular formula is C16H19N3O4. The maximum atomic E-state index is 12.6. The van der Waals surface area contributed by atoms with E-state index in [2.05, 4.69) is 10.1 Å². The maximum Gasteiger partial charge on any atom is 0.257 e. The Labute approximate surface area is 133 Å². The van der Waals surface area contributed by atoms with E-state index < -0.39 is 0 Å². The van der Waals surface area contributed by atoms with Gasteiger partial charge in [-0.2, -0.15) is 4.98 Å². The number of fused-ring (bicyclic) bond motifs is 1. The van der Waals surface area contributed by atoms with Crippen molar-refractivity contribution >= 4 is 5.91 Å². The van der Waals surface area contributed by atoms with Crippen LogP contribution in [0.3, 0.4) is 0 Å². The molecule has 2 aliphatic rings. The Bertz CT molecular complexity index is 722. The molecule has 0 saturated carbocycles. The fourth-order valence-corrected chi connectivity index (χ4v) is 3.52. The molecule has 2 aliphatic heterocycles. The largest absolute Gasteiger partial charge is 0.469 e. The molecule has 7 heteroatoms. The molecule has 23 heavy (non-hydrogen) atoms. The first-order valence-corrected chi connectivity index (χ1v) is 7.91. The molecule has 0 unspecified atom stereocenters. The number of nitrogens with zero attached hydrogens (tertiary/aromatic N) is 3. The van der Waals surface area contributed by atoms with Crippen molar-refractivity contribution in [2.75, 3.05) is 13.1 Å². The molecule has 7 nitrogen and oxygen atoms in total. The molecule has 2 aromatic rings. The molecule has 4 heterocycles. The number of piperidine rings is 1. The number of aryl methyl sites for hydroxylation is 2. The molecule has 0 aromatic carbocycles. The lowest BCUT2D eigenvalue weighted by Crippen LogP contribution is -2.44. The van der Waals surface area contributed by atoms with E-state index in [1.165, 1.54) is 0 Å². The summed E-state index contributed by atoms with van der Waals surface area (Å²) in [6, 6.07) is 1.74. The lowest BCUT2D eigenvalue weighted by Gasteiger charge is -2.33. The zero-order valence-electron chi connectivity index (χ0n) is 13.2. The third-order valence-corrected chi connectivity index (χ3v) is 4.72. The average molecular weight is 317 g/mol. The summed E-state index contributed by atoms with van der Waals surface area (Å²) in [6.45, 7) is 4.99. The van der Waals surface area contributed by atoms with Crippen LogP contribution in [0.5, 0.6) is 0 Å². The highest BCUT2D eigenvalue weighted by Gasteiger charge is 2.42. The number of aromatic nitrogens is 2. The van der Waals surface area contributed by atoms with Gasteiger partial charge in [-0.1, -0.05) is 5.16 Å². The number of carbonyl (C=O) groups is 1.